The van der Waals surface area contributed by atoms with E-state index in [1.165, 1.54) is 0 Å². The highest BCUT2D eigenvalue weighted by molar-refractivity contribution is 5.76. The number of hydrogen-bond donors (Lipinski definition) is 2. The van der Waals surface area contributed by atoms with Gasteiger partial charge < -0.3 is 19.7 Å². The van der Waals surface area contributed by atoms with Gasteiger partial charge in [0.2, 0.25) is 0 Å². The highest BCUT2D eigenvalue weighted by Gasteiger charge is 2.61. The molecule has 2 N–H and O–H groups in total. The molecule has 236 valence electrons. The third-order valence-corrected chi connectivity index (χ3v) is 11.1. The molecule has 4 aliphatic rings. The van der Waals surface area contributed by atoms with Gasteiger partial charge in [-0.1, -0.05) is 19.3 Å². The van der Waals surface area contributed by atoms with Crippen LogP contribution in [0.5, 0.6) is 0 Å². The normalized spacial score (nSPS) is 30.9. The summed E-state index contributed by atoms with van der Waals surface area (Å²) in [5.74, 6) is -1.29. The van der Waals surface area contributed by atoms with Gasteiger partial charge in [0.05, 0.1) is 30.8 Å². The van der Waals surface area contributed by atoms with Gasteiger partial charge in [0.15, 0.2) is 0 Å². The molecule has 0 aliphatic carbocycles. The molecule has 0 amide bonds. The summed E-state index contributed by atoms with van der Waals surface area (Å²) in [4.78, 5) is 30.1. The maximum Gasteiger partial charge on any atom is 0.310 e. The van der Waals surface area contributed by atoms with Crippen molar-refractivity contribution in [3.8, 4) is 0 Å². The van der Waals surface area contributed by atoms with E-state index in [1.807, 2.05) is 0 Å². The summed E-state index contributed by atoms with van der Waals surface area (Å²) in [7, 11) is 0. The fourth-order valence-corrected chi connectivity index (χ4v) is 9.35. The van der Waals surface area contributed by atoms with Crippen LogP contribution in [0, 0.1) is 17.3 Å². The summed E-state index contributed by atoms with van der Waals surface area (Å²) >= 11 is 0. The number of epoxide rings is 2. The van der Waals surface area contributed by atoms with Crippen LogP contribution in [0.2, 0.25) is 0 Å². The zero-order valence-corrected chi connectivity index (χ0v) is 27.1. The molecule has 8 nitrogen and oxygen atoms in total. The zero-order valence-electron chi connectivity index (χ0n) is 27.1. The van der Waals surface area contributed by atoms with Crippen molar-refractivity contribution in [1.82, 2.24) is 9.80 Å². The summed E-state index contributed by atoms with van der Waals surface area (Å²) in [6.45, 7) is 21.8. The van der Waals surface area contributed by atoms with Gasteiger partial charge in [-0.25, -0.2) is 0 Å². The number of unbranched alkanes of at least 4 members (excludes halogenated alkanes) is 3. The van der Waals surface area contributed by atoms with Crippen LogP contribution in [-0.4, -0.2) is 92.6 Å². The van der Waals surface area contributed by atoms with Crippen molar-refractivity contribution < 1.29 is 29.3 Å². The van der Waals surface area contributed by atoms with Crippen molar-refractivity contribution in [3.05, 3.63) is 0 Å². The summed E-state index contributed by atoms with van der Waals surface area (Å²) < 4.78 is 11.3. The Kier molecular flexibility index (Phi) is 9.33. The van der Waals surface area contributed by atoms with Gasteiger partial charge in [-0.15, -0.1) is 0 Å². The molecule has 0 spiro atoms. The largest absolute Gasteiger partial charge is 0.481 e. The summed E-state index contributed by atoms with van der Waals surface area (Å²) in [5.41, 5.74) is -1.41. The van der Waals surface area contributed by atoms with E-state index in [9.17, 15) is 14.7 Å². The first-order chi connectivity index (χ1) is 18.9. The number of carboxylic acids is 2. The van der Waals surface area contributed by atoms with Crippen molar-refractivity contribution in [2.24, 2.45) is 17.3 Å². The Balaban J connectivity index is 1.65. The van der Waals surface area contributed by atoms with E-state index in [0.717, 1.165) is 71.2 Å². The first-order valence-electron chi connectivity index (χ1n) is 16.1. The zero-order chi connectivity index (χ0) is 30.4. The van der Waals surface area contributed by atoms with Gasteiger partial charge in [-0.2, -0.15) is 0 Å². The van der Waals surface area contributed by atoms with Gasteiger partial charge in [0, 0.05) is 41.7 Å². The summed E-state index contributed by atoms with van der Waals surface area (Å²) in [6, 6.07) is 0. The second-order valence-corrected chi connectivity index (χ2v) is 16.2. The van der Waals surface area contributed by atoms with Crippen LogP contribution >= 0.6 is 0 Å². The number of hydrogen-bond acceptors (Lipinski definition) is 6. The Morgan fingerprint density at radius 3 is 1.37 bits per heavy atom. The van der Waals surface area contributed by atoms with E-state index in [-0.39, 0.29) is 40.4 Å². The molecule has 0 radical (unpaired) electrons. The van der Waals surface area contributed by atoms with Gasteiger partial charge in [0.25, 0.3) is 0 Å². The highest BCUT2D eigenvalue weighted by atomic mass is 16.6. The molecule has 0 aromatic rings. The molecule has 4 fully saturated rings. The smallest absolute Gasteiger partial charge is 0.310 e. The molecule has 4 saturated heterocycles. The van der Waals surface area contributed by atoms with Crippen LogP contribution in [-0.2, 0) is 19.1 Å². The SMILES string of the molecule is CC1(C)CC(C(CCCCCCC(=O)O)(C(=O)O)C2CC(C)(C)N(CC3CO3)C(C)(C)C2)CC(C)(C)N1CC1CO1. The van der Waals surface area contributed by atoms with E-state index in [2.05, 4.69) is 65.2 Å². The van der Waals surface area contributed by atoms with Crippen LogP contribution in [0.4, 0.5) is 0 Å². The first kappa shape index (κ1) is 32.7. The quantitative estimate of drug-likeness (QED) is 0.196. The molecule has 4 rings (SSSR count). The second kappa shape index (κ2) is 11.7. The van der Waals surface area contributed by atoms with Crippen LogP contribution in [0.15, 0.2) is 0 Å². The molecule has 0 bridgehead atoms. The fraction of sp³-hybridized carbons (Fsp3) is 0.939. The van der Waals surface area contributed by atoms with E-state index in [0.29, 0.717) is 25.0 Å². The molecule has 41 heavy (non-hydrogen) atoms. The molecule has 4 heterocycles. The molecule has 8 heteroatoms. The Bertz CT molecular complexity index is 861. The minimum atomic E-state index is -0.833. The number of rotatable bonds is 14. The van der Waals surface area contributed by atoms with Gasteiger partial charge in [0.1, 0.15) is 0 Å². The van der Waals surface area contributed by atoms with E-state index >= 15 is 0 Å². The third kappa shape index (κ3) is 7.30. The van der Waals surface area contributed by atoms with Crippen LogP contribution in [0.25, 0.3) is 0 Å². The van der Waals surface area contributed by atoms with E-state index < -0.39 is 17.4 Å². The third-order valence-electron chi connectivity index (χ3n) is 11.1. The molecule has 0 aromatic carbocycles. The minimum Gasteiger partial charge on any atom is -0.481 e. The molecular formula is C33H58N2O6. The molecule has 0 saturated carbocycles. The predicted octanol–water partition coefficient (Wildman–Crippen LogP) is 5.82. The molecule has 0 aromatic heterocycles. The topological polar surface area (TPSA) is 106 Å². The lowest BCUT2D eigenvalue weighted by Gasteiger charge is -2.62. The van der Waals surface area contributed by atoms with Crippen molar-refractivity contribution >= 4 is 11.9 Å². The Morgan fingerprint density at radius 1 is 0.683 bits per heavy atom. The lowest BCUT2D eigenvalue weighted by Crippen LogP contribution is -2.67. The number of piperidine rings is 2. The predicted molar refractivity (Wildman–Crippen MR) is 160 cm³/mol. The van der Waals surface area contributed by atoms with Crippen LogP contribution in [0.3, 0.4) is 0 Å². The Morgan fingerprint density at radius 2 is 1.05 bits per heavy atom. The monoisotopic (exact) mass is 578 g/mol. The molecular weight excluding hydrogens is 520 g/mol. The van der Waals surface area contributed by atoms with E-state index in [4.69, 9.17) is 14.6 Å². The van der Waals surface area contributed by atoms with Crippen molar-refractivity contribution in [2.75, 3.05) is 26.3 Å². The summed E-state index contributed by atoms with van der Waals surface area (Å²) in [5, 5.41) is 20.4. The second-order valence-electron chi connectivity index (χ2n) is 16.2. The van der Waals surface area contributed by atoms with Crippen molar-refractivity contribution in [2.45, 2.75) is 154 Å². The summed E-state index contributed by atoms with van der Waals surface area (Å²) in [6.07, 6.45) is 8.00. The molecule has 2 unspecified atom stereocenters. The van der Waals surface area contributed by atoms with Crippen LogP contribution < -0.4 is 0 Å². The highest BCUT2D eigenvalue weighted by Crippen LogP contribution is 2.58. The minimum absolute atomic E-state index is 0.0512. The molecule has 2 atom stereocenters. The molecule has 4 aliphatic heterocycles. The van der Waals surface area contributed by atoms with E-state index in [1.54, 1.807) is 0 Å². The number of aliphatic carboxylic acids is 2. The lowest BCUT2D eigenvalue weighted by atomic mass is 9.52. The number of likely N-dealkylation sites (tertiary alicyclic amines) is 2. The number of nitrogens with zero attached hydrogens (tertiary/aromatic N) is 2. The lowest BCUT2D eigenvalue weighted by molar-refractivity contribution is -0.179. The van der Waals surface area contributed by atoms with Gasteiger partial charge in [-0.05, 0) is 106 Å². The van der Waals surface area contributed by atoms with Crippen molar-refractivity contribution in [1.29, 1.82) is 0 Å². The van der Waals surface area contributed by atoms with Crippen molar-refractivity contribution in [3.63, 3.8) is 0 Å². The number of ether oxygens (including phenoxy) is 2. The van der Waals surface area contributed by atoms with Gasteiger partial charge in [-0.3, -0.25) is 19.4 Å². The number of carbonyl (C=O) groups is 2. The number of carboxylic acid groups (broad SMARTS) is 2. The van der Waals surface area contributed by atoms with Gasteiger partial charge >= 0.3 is 11.9 Å². The Labute approximate surface area is 248 Å². The first-order valence-corrected chi connectivity index (χ1v) is 16.1. The maximum atomic E-state index is 13.9. The average Bonchev–Trinajstić information content (AvgIpc) is 3.72. The standard InChI is InChI=1S/C33H58N2O6/c1-29(2)15-23(16-30(3,4)34(29)19-25-21-40-25)33(28(38)39,14-12-10-9-11-13-27(36)37)24-17-31(5,6)35(20-26-22-41-26)32(7,8)18-24/h23-26H,9-22H2,1-8H3,(H,36,37)(H,38,39). The fourth-order valence-electron chi connectivity index (χ4n) is 9.35. The average molecular weight is 579 g/mol. The maximum absolute atomic E-state index is 13.9. The Hall–Kier alpha value is -1.22. The van der Waals surface area contributed by atoms with Crippen LogP contribution in [0.1, 0.15) is 120 Å².